The van der Waals surface area contributed by atoms with Crippen LogP contribution in [0.1, 0.15) is 31.9 Å². The monoisotopic (exact) mass is 252 g/mol. The van der Waals surface area contributed by atoms with Gasteiger partial charge in [-0.1, -0.05) is 12.1 Å². The van der Waals surface area contributed by atoms with E-state index in [0.29, 0.717) is 12.1 Å². The number of thioether (sulfide) groups is 1. The van der Waals surface area contributed by atoms with Gasteiger partial charge in [-0.25, -0.2) is 0 Å². The lowest BCUT2D eigenvalue weighted by Crippen LogP contribution is -2.32. The van der Waals surface area contributed by atoms with Crippen molar-refractivity contribution < 1.29 is 0 Å². The van der Waals surface area contributed by atoms with Crippen molar-refractivity contribution in [3.8, 4) is 0 Å². The van der Waals surface area contributed by atoms with Crippen molar-refractivity contribution in [1.29, 1.82) is 0 Å². The number of nitrogen functional groups attached to an aromatic ring is 1. The van der Waals surface area contributed by atoms with Crippen LogP contribution in [0.3, 0.4) is 0 Å². The predicted octanol–water partition coefficient (Wildman–Crippen LogP) is 3.40. The van der Waals surface area contributed by atoms with Crippen molar-refractivity contribution in [3.05, 3.63) is 29.8 Å². The van der Waals surface area contributed by atoms with Gasteiger partial charge in [0, 0.05) is 17.8 Å². The van der Waals surface area contributed by atoms with E-state index in [2.05, 4.69) is 44.2 Å². The first-order valence-electron chi connectivity index (χ1n) is 6.12. The van der Waals surface area contributed by atoms with Crippen LogP contribution in [0.4, 0.5) is 5.69 Å². The molecule has 1 rings (SSSR count). The summed E-state index contributed by atoms with van der Waals surface area (Å²) in [6, 6.07) is 9.25. The fourth-order valence-corrected chi connectivity index (χ4v) is 2.46. The highest BCUT2D eigenvalue weighted by atomic mass is 32.2. The maximum atomic E-state index is 5.71. The molecule has 0 spiro atoms. The Balaban J connectivity index is 2.62. The van der Waals surface area contributed by atoms with Gasteiger partial charge in [0.2, 0.25) is 0 Å². The van der Waals surface area contributed by atoms with Crippen LogP contribution >= 0.6 is 11.8 Å². The number of nitrogens with two attached hydrogens (primary N) is 1. The Labute approximate surface area is 110 Å². The van der Waals surface area contributed by atoms with Crippen molar-refractivity contribution in [1.82, 2.24) is 4.90 Å². The van der Waals surface area contributed by atoms with Gasteiger partial charge in [-0.2, -0.15) is 11.8 Å². The Hall–Kier alpha value is -0.670. The highest BCUT2D eigenvalue weighted by Gasteiger charge is 2.16. The molecule has 0 radical (unpaired) electrons. The molecule has 2 unspecified atom stereocenters. The average molecular weight is 252 g/mol. The Morgan fingerprint density at radius 3 is 2.35 bits per heavy atom. The summed E-state index contributed by atoms with van der Waals surface area (Å²) in [5.74, 6) is 1.22. The smallest absolute Gasteiger partial charge is 0.0319 e. The van der Waals surface area contributed by atoms with Crippen LogP contribution in [0.5, 0.6) is 0 Å². The molecule has 0 amide bonds. The largest absolute Gasteiger partial charge is 0.399 e. The first kappa shape index (κ1) is 14.4. The van der Waals surface area contributed by atoms with Crippen LogP contribution in [0, 0.1) is 0 Å². The number of hydrogen-bond acceptors (Lipinski definition) is 3. The molecule has 0 aliphatic rings. The van der Waals surface area contributed by atoms with Crippen LogP contribution in [-0.2, 0) is 0 Å². The fourth-order valence-electron chi connectivity index (χ4n) is 1.88. The molecule has 2 N–H and O–H groups in total. The minimum Gasteiger partial charge on any atom is -0.399 e. The van der Waals surface area contributed by atoms with Crippen molar-refractivity contribution >= 4 is 17.4 Å². The standard InChI is InChI=1S/C14H24N2S/c1-11(9-10-17-4)16(3)12(2)13-5-7-14(15)8-6-13/h5-8,11-12H,9-10,15H2,1-4H3. The third-order valence-electron chi connectivity index (χ3n) is 3.46. The van der Waals surface area contributed by atoms with Gasteiger partial charge in [0.1, 0.15) is 0 Å². The van der Waals surface area contributed by atoms with E-state index >= 15 is 0 Å². The Bertz CT molecular complexity index is 323. The quantitative estimate of drug-likeness (QED) is 0.787. The molecule has 0 bridgehead atoms. The Morgan fingerprint density at radius 2 is 1.82 bits per heavy atom. The van der Waals surface area contributed by atoms with Gasteiger partial charge in [0.25, 0.3) is 0 Å². The SMILES string of the molecule is CSCCC(C)N(C)C(C)c1ccc(N)cc1. The molecule has 0 saturated carbocycles. The van der Waals surface area contributed by atoms with Crippen LogP contribution in [0.15, 0.2) is 24.3 Å². The summed E-state index contributed by atoms with van der Waals surface area (Å²) < 4.78 is 0. The second-order valence-corrected chi connectivity index (χ2v) is 5.62. The minimum atomic E-state index is 0.437. The summed E-state index contributed by atoms with van der Waals surface area (Å²) in [5.41, 5.74) is 7.88. The first-order chi connectivity index (χ1) is 8.06. The molecule has 3 heteroatoms. The van der Waals surface area contributed by atoms with Crippen LogP contribution in [0.25, 0.3) is 0 Å². The maximum Gasteiger partial charge on any atom is 0.0319 e. The second-order valence-electron chi connectivity index (χ2n) is 4.64. The molecule has 17 heavy (non-hydrogen) atoms. The second kappa shape index (κ2) is 6.92. The average Bonchev–Trinajstić information content (AvgIpc) is 2.35. The van der Waals surface area contributed by atoms with Crippen LogP contribution in [0.2, 0.25) is 0 Å². The first-order valence-corrected chi connectivity index (χ1v) is 7.52. The van der Waals surface area contributed by atoms with E-state index in [9.17, 15) is 0 Å². The van der Waals surface area contributed by atoms with Crippen molar-refractivity contribution in [2.45, 2.75) is 32.4 Å². The van der Waals surface area contributed by atoms with Gasteiger partial charge in [-0.3, -0.25) is 4.90 Å². The maximum absolute atomic E-state index is 5.71. The zero-order valence-electron chi connectivity index (χ0n) is 11.3. The van der Waals surface area contributed by atoms with Crippen molar-refractivity contribution in [2.75, 3.05) is 24.8 Å². The number of rotatable bonds is 6. The van der Waals surface area contributed by atoms with Gasteiger partial charge >= 0.3 is 0 Å². The molecule has 0 saturated heterocycles. The highest BCUT2D eigenvalue weighted by molar-refractivity contribution is 7.98. The zero-order chi connectivity index (χ0) is 12.8. The lowest BCUT2D eigenvalue weighted by molar-refractivity contribution is 0.194. The number of anilines is 1. The zero-order valence-corrected chi connectivity index (χ0v) is 12.1. The van der Waals surface area contributed by atoms with Crippen LogP contribution < -0.4 is 5.73 Å². The molecule has 1 aromatic carbocycles. The molecule has 0 aromatic heterocycles. The number of nitrogens with zero attached hydrogens (tertiary/aromatic N) is 1. The lowest BCUT2D eigenvalue weighted by Gasteiger charge is -2.31. The molecular formula is C14H24N2S. The fraction of sp³-hybridized carbons (Fsp3) is 0.571. The van der Waals surface area contributed by atoms with E-state index in [0.717, 1.165) is 5.69 Å². The summed E-state index contributed by atoms with van der Waals surface area (Å²) in [6.07, 6.45) is 3.40. The molecule has 2 nitrogen and oxygen atoms in total. The molecule has 0 heterocycles. The van der Waals surface area contributed by atoms with E-state index in [4.69, 9.17) is 5.73 Å². The van der Waals surface area contributed by atoms with Crippen molar-refractivity contribution in [3.63, 3.8) is 0 Å². The molecule has 1 aromatic rings. The normalized spacial score (nSPS) is 14.9. The van der Waals surface area contributed by atoms with Gasteiger partial charge in [0.05, 0.1) is 0 Å². The van der Waals surface area contributed by atoms with Gasteiger partial charge < -0.3 is 5.73 Å². The molecule has 0 fully saturated rings. The van der Waals surface area contributed by atoms with Crippen LogP contribution in [-0.4, -0.2) is 30.0 Å². The molecule has 0 aliphatic heterocycles. The summed E-state index contributed by atoms with van der Waals surface area (Å²) in [7, 11) is 2.20. The predicted molar refractivity (Wildman–Crippen MR) is 79.5 cm³/mol. The number of benzene rings is 1. The van der Waals surface area contributed by atoms with Gasteiger partial charge in [0.15, 0.2) is 0 Å². The lowest BCUT2D eigenvalue weighted by atomic mass is 10.0. The summed E-state index contributed by atoms with van der Waals surface area (Å²) in [5, 5.41) is 0. The molecule has 0 aliphatic carbocycles. The topological polar surface area (TPSA) is 29.3 Å². The summed E-state index contributed by atoms with van der Waals surface area (Å²) >= 11 is 1.91. The molecule has 2 atom stereocenters. The number of hydrogen-bond donors (Lipinski definition) is 1. The molecular weight excluding hydrogens is 228 g/mol. The Morgan fingerprint density at radius 1 is 1.24 bits per heavy atom. The minimum absolute atomic E-state index is 0.437. The van der Waals surface area contributed by atoms with Crippen molar-refractivity contribution in [2.24, 2.45) is 0 Å². The van der Waals surface area contributed by atoms with E-state index in [1.807, 2.05) is 23.9 Å². The Kier molecular flexibility index (Phi) is 5.86. The van der Waals surface area contributed by atoms with Gasteiger partial charge in [-0.15, -0.1) is 0 Å². The van der Waals surface area contributed by atoms with E-state index in [1.54, 1.807) is 0 Å². The van der Waals surface area contributed by atoms with E-state index < -0.39 is 0 Å². The van der Waals surface area contributed by atoms with Gasteiger partial charge in [-0.05, 0) is 57.0 Å². The third-order valence-corrected chi connectivity index (χ3v) is 4.11. The third kappa shape index (κ3) is 4.25. The van der Waals surface area contributed by atoms with E-state index in [-0.39, 0.29) is 0 Å². The highest BCUT2D eigenvalue weighted by Crippen LogP contribution is 2.23. The van der Waals surface area contributed by atoms with E-state index in [1.165, 1.54) is 17.7 Å². The molecule has 96 valence electrons. The summed E-state index contributed by atoms with van der Waals surface area (Å²) in [6.45, 7) is 4.55. The summed E-state index contributed by atoms with van der Waals surface area (Å²) in [4.78, 5) is 2.43.